The van der Waals surface area contributed by atoms with Crippen LogP contribution in [-0.4, -0.2) is 21.0 Å². The molecule has 0 saturated heterocycles. The van der Waals surface area contributed by atoms with Crippen LogP contribution >= 0.6 is 24.0 Å². The molecule has 0 fully saturated rings. The fraction of sp³-hybridized carbons (Fsp3) is 0.636. The van der Waals surface area contributed by atoms with Crippen molar-refractivity contribution in [2.45, 2.75) is 88.5 Å². The Bertz CT molecular complexity index is 705. The van der Waals surface area contributed by atoms with E-state index in [1.807, 2.05) is 6.33 Å². The molecule has 1 unspecified atom stereocenters. The number of rotatable bonds is 13. The first-order valence-corrected chi connectivity index (χ1v) is 12.0. The molecular formula is C22H35N3S2. The number of hydrogen-bond acceptors (Lipinski definition) is 3. The number of benzene rings is 1. The van der Waals surface area contributed by atoms with Crippen LogP contribution < -0.4 is 0 Å². The Morgan fingerprint density at radius 1 is 1.00 bits per heavy atom. The van der Waals surface area contributed by atoms with Gasteiger partial charge in [-0.05, 0) is 49.5 Å². The zero-order chi connectivity index (χ0) is 19.5. The molecule has 1 heterocycles. The van der Waals surface area contributed by atoms with Crippen molar-refractivity contribution in [1.82, 2.24) is 14.8 Å². The molecule has 1 N–H and O–H groups in total. The van der Waals surface area contributed by atoms with Crippen LogP contribution in [0.1, 0.15) is 83.6 Å². The van der Waals surface area contributed by atoms with Gasteiger partial charge in [-0.2, -0.15) is 5.10 Å². The minimum atomic E-state index is -0.151. The van der Waals surface area contributed by atoms with E-state index in [0.29, 0.717) is 4.77 Å². The molecule has 0 bridgehead atoms. The number of nitrogens with zero attached hydrogens (tertiary/aromatic N) is 2. The van der Waals surface area contributed by atoms with Crippen LogP contribution in [0.25, 0.3) is 0 Å². The van der Waals surface area contributed by atoms with E-state index in [2.05, 4.69) is 59.1 Å². The highest BCUT2D eigenvalue weighted by molar-refractivity contribution is 7.98. The van der Waals surface area contributed by atoms with E-state index in [-0.39, 0.29) is 5.54 Å². The maximum atomic E-state index is 5.49. The van der Waals surface area contributed by atoms with Crippen LogP contribution in [0.5, 0.6) is 0 Å². The normalized spacial score (nSPS) is 13.6. The molecule has 0 aliphatic rings. The lowest BCUT2D eigenvalue weighted by Gasteiger charge is -2.32. The van der Waals surface area contributed by atoms with Crippen LogP contribution in [0.2, 0.25) is 0 Å². The number of H-pyrrole nitrogens is 1. The third kappa shape index (κ3) is 6.49. The van der Waals surface area contributed by atoms with Gasteiger partial charge >= 0.3 is 0 Å². The second-order valence-electron chi connectivity index (χ2n) is 7.61. The van der Waals surface area contributed by atoms with E-state index >= 15 is 0 Å². The number of hydrogen-bond donors (Lipinski definition) is 1. The summed E-state index contributed by atoms with van der Waals surface area (Å²) in [6.07, 6.45) is 17.2. The molecule has 0 aliphatic heterocycles. The Balaban J connectivity index is 1.94. The van der Waals surface area contributed by atoms with Crippen molar-refractivity contribution in [3.05, 3.63) is 40.9 Å². The molecule has 1 aromatic carbocycles. The predicted octanol–water partition coefficient (Wildman–Crippen LogP) is 7.35. The van der Waals surface area contributed by atoms with Gasteiger partial charge in [0.25, 0.3) is 0 Å². The molecule has 1 aromatic heterocycles. The molecule has 2 rings (SSSR count). The van der Waals surface area contributed by atoms with Crippen molar-refractivity contribution in [1.29, 1.82) is 0 Å². The molecule has 1 atom stereocenters. The van der Waals surface area contributed by atoms with E-state index in [1.54, 1.807) is 11.8 Å². The Hall–Kier alpha value is -1.07. The summed E-state index contributed by atoms with van der Waals surface area (Å²) in [7, 11) is 0. The number of aromatic amines is 1. The summed E-state index contributed by atoms with van der Waals surface area (Å²) in [5.41, 5.74) is 1.15. The number of thioether (sulfide) groups is 1. The van der Waals surface area contributed by atoms with Gasteiger partial charge in [0.1, 0.15) is 6.33 Å². The average molecular weight is 406 g/mol. The van der Waals surface area contributed by atoms with Gasteiger partial charge in [0.2, 0.25) is 0 Å². The highest BCUT2D eigenvalue weighted by Crippen LogP contribution is 2.33. The van der Waals surface area contributed by atoms with Crippen LogP contribution in [0.4, 0.5) is 0 Å². The van der Waals surface area contributed by atoms with E-state index in [0.717, 1.165) is 6.42 Å². The Morgan fingerprint density at radius 3 is 2.11 bits per heavy atom. The molecule has 27 heavy (non-hydrogen) atoms. The lowest BCUT2D eigenvalue weighted by atomic mass is 9.86. The average Bonchev–Trinajstić information content (AvgIpc) is 3.13. The lowest BCUT2D eigenvalue weighted by Crippen LogP contribution is -2.31. The molecule has 0 spiro atoms. The highest BCUT2D eigenvalue weighted by Gasteiger charge is 2.29. The quantitative estimate of drug-likeness (QED) is 0.215. The lowest BCUT2D eigenvalue weighted by molar-refractivity contribution is 0.340. The van der Waals surface area contributed by atoms with Gasteiger partial charge in [-0.1, -0.05) is 76.8 Å². The number of aromatic nitrogens is 3. The van der Waals surface area contributed by atoms with Crippen molar-refractivity contribution in [2.24, 2.45) is 0 Å². The maximum absolute atomic E-state index is 5.49. The molecular weight excluding hydrogens is 370 g/mol. The topological polar surface area (TPSA) is 33.6 Å². The Morgan fingerprint density at radius 2 is 1.59 bits per heavy atom. The SMILES string of the molecule is CCCCCCCCCCCC(C)(c1ccc(SC)cc1)n1cn[nH]c1=S. The summed E-state index contributed by atoms with van der Waals surface area (Å²) in [5.74, 6) is 0. The van der Waals surface area contributed by atoms with Gasteiger partial charge in [-0.15, -0.1) is 11.8 Å². The molecule has 5 heteroatoms. The molecule has 150 valence electrons. The summed E-state index contributed by atoms with van der Waals surface area (Å²) in [5, 5.41) is 7.10. The van der Waals surface area contributed by atoms with Gasteiger partial charge in [-0.3, -0.25) is 9.67 Å². The van der Waals surface area contributed by atoms with Gasteiger partial charge in [0.05, 0.1) is 5.54 Å². The minimum Gasteiger partial charge on any atom is -0.297 e. The summed E-state index contributed by atoms with van der Waals surface area (Å²) in [6, 6.07) is 8.90. The van der Waals surface area contributed by atoms with Crippen LogP contribution in [-0.2, 0) is 5.54 Å². The van der Waals surface area contributed by atoms with Gasteiger partial charge in [0, 0.05) is 4.90 Å². The van der Waals surface area contributed by atoms with E-state index in [4.69, 9.17) is 12.2 Å². The molecule has 0 saturated carbocycles. The summed E-state index contributed by atoms with van der Waals surface area (Å²) in [6.45, 7) is 4.56. The second kappa shape index (κ2) is 11.7. The van der Waals surface area contributed by atoms with Crippen LogP contribution in [0.15, 0.2) is 35.5 Å². The molecule has 0 aliphatic carbocycles. The fourth-order valence-corrected chi connectivity index (χ4v) is 4.44. The monoisotopic (exact) mass is 405 g/mol. The first-order chi connectivity index (χ1) is 13.1. The zero-order valence-corrected chi connectivity index (χ0v) is 18.8. The third-order valence-corrected chi connectivity index (χ3v) is 6.59. The predicted molar refractivity (Wildman–Crippen MR) is 120 cm³/mol. The third-order valence-electron chi connectivity index (χ3n) is 5.56. The van der Waals surface area contributed by atoms with Crippen molar-refractivity contribution in [2.75, 3.05) is 6.26 Å². The minimum absolute atomic E-state index is 0.151. The maximum Gasteiger partial charge on any atom is 0.195 e. The van der Waals surface area contributed by atoms with E-state index in [9.17, 15) is 0 Å². The van der Waals surface area contributed by atoms with Crippen molar-refractivity contribution < 1.29 is 0 Å². The zero-order valence-electron chi connectivity index (χ0n) is 17.2. The Kier molecular flexibility index (Phi) is 9.63. The number of nitrogens with one attached hydrogen (secondary N) is 1. The van der Waals surface area contributed by atoms with Crippen LogP contribution in [0.3, 0.4) is 0 Å². The standard InChI is InChI=1S/C22H35N3S2/c1-4-5-6-7-8-9-10-11-12-17-22(2,25-18-23-24-21(25)26)19-13-15-20(27-3)16-14-19/h13-16,18H,4-12,17H2,1-3H3,(H,24,26). The number of unbranched alkanes of at least 4 members (excludes halogenated alkanes) is 8. The smallest absolute Gasteiger partial charge is 0.195 e. The van der Waals surface area contributed by atoms with E-state index in [1.165, 1.54) is 68.2 Å². The summed E-state index contributed by atoms with van der Waals surface area (Å²) in [4.78, 5) is 1.29. The van der Waals surface area contributed by atoms with Crippen LogP contribution in [0, 0.1) is 4.77 Å². The summed E-state index contributed by atoms with van der Waals surface area (Å²) < 4.78 is 2.82. The van der Waals surface area contributed by atoms with Crippen molar-refractivity contribution >= 4 is 24.0 Å². The van der Waals surface area contributed by atoms with Gasteiger partial charge < -0.3 is 0 Å². The molecule has 0 radical (unpaired) electrons. The van der Waals surface area contributed by atoms with Crippen molar-refractivity contribution in [3.63, 3.8) is 0 Å². The van der Waals surface area contributed by atoms with E-state index < -0.39 is 0 Å². The second-order valence-corrected chi connectivity index (χ2v) is 8.88. The first kappa shape index (κ1) is 22.2. The van der Waals surface area contributed by atoms with Gasteiger partial charge in [-0.25, -0.2) is 0 Å². The molecule has 2 aromatic rings. The Labute approximate surface area is 174 Å². The molecule has 0 amide bonds. The highest BCUT2D eigenvalue weighted by atomic mass is 32.2. The first-order valence-electron chi connectivity index (χ1n) is 10.4. The van der Waals surface area contributed by atoms with Gasteiger partial charge in [0.15, 0.2) is 4.77 Å². The fourth-order valence-electron chi connectivity index (χ4n) is 3.73. The summed E-state index contributed by atoms with van der Waals surface area (Å²) >= 11 is 7.27. The molecule has 3 nitrogen and oxygen atoms in total. The van der Waals surface area contributed by atoms with Crippen molar-refractivity contribution in [3.8, 4) is 0 Å². The largest absolute Gasteiger partial charge is 0.297 e.